The largest absolute Gasteiger partial charge is 0.480 e. The third kappa shape index (κ3) is 3.98. The molecule has 0 unspecified atom stereocenters. The van der Waals surface area contributed by atoms with Crippen molar-refractivity contribution in [3.63, 3.8) is 0 Å². The molecule has 160 valence electrons. The molecule has 3 heterocycles. The maximum Gasteiger partial charge on any atom is 0.323 e. The van der Waals surface area contributed by atoms with E-state index >= 15 is 0 Å². The van der Waals surface area contributed by atoms with E-state index in [1.807, 2.05) is 49.2 Å². The van der Waals surface area contributed by atoms with E-state index < -0.39 is 18.1 Å². The highest BCUT2D eigenvalue weighted by molar-refractivity contribution is 8.30. The van der Waals surface area contributed by atoms with Crippen LogP contribution in [0, 0.1) is 0 Å². The molecule has 1 aromatic heterocycles. The predicted octanol–water partition coefficient (Wildman–Crippen LogP) is 1.85. The summed E-state index contributed by atoms with van der Waals surface area (Å²) in [6.45, 7) is 1.70. The fourth-order valence-electron chi connectivity index (χ4n) is 3.19. The van der Waals surface area contributed by atoms with Gasteiger partial charge in [0.05, 0.1) is 15.2 Å². The molecule has 0 atom stereocenters. The van der Waals surface area contributed by atoms with E-state index in [1.165, 1.54) is 4.90 Å². The Morgan fingerprint density at radius 3 is 2.58 bits per heavy atom. The van der Waals surface area contributed by atoms with Crippen molar-refractivity contribution in [1.29, 1.82) is 0 Å². The summed E-state index contributed by atoms with van der Waals surface area (Å²) in [5, 5.41) is 10.2. The van der Waals surface area contributed by atoms with E-state index in [1.54, 1.807) is 17.8 Å². The lowest BCUT2D eigenvalue weighted by molar-refractivity contribution is -0.137. The summed E-state index contributed by atoms with van der Waals surface area (Å²) in [6.07, 6.45) is 3.52. The van der Waals surface area contributed by atoms with Gasteiger partial charge in [-0.05, 0) is 31.2 Å². The molecule has 0 aliphatic carbocycles. The number of fused-ring (bicyclic) bond motifs is 1. The number of carbonyl (C=O) groups excluding carboxylic acids is 1. The first-order valence-electron chi connectivity index (χ1n) is 9.23. The number of thiazole rings is 1. The molecule has 2 aliphatic rings. The monoisotopic (exact) mass is 491 g/mol. The van der Waals surface area contributed by atoms with Crippen LogP contribution in [0.25, 0.3) is 11.0 Å². The Kier molecular flexibility index (Phi) is 6.11. The fourth-order valence-corrected chi connectivity index (χ4v) is 6.83. The van der Waals surface area contributed by atoms with E-state index in [9.17, 15) is 19.5 Å². The number of thioether (sulfide) groups is 2. The highest BCUT2D eigenvalue weighted by Gasteiger charge is 2.33. The standard InChI is InChI=1S/C20H17N3O4S4/c1-3-22-18(27)16(31-20(22)28)19-23(10-15(24)25)17(26)13(30-19)8-9-14-21(2)11-6-4-5-7-12(11)29-14/h4-9H,3,10H2,1-2H3,(H,24,25)/b13-8-,14-9+,19-16+. The lowest BCUT2D eigenvalue weighted by Crippen LogP contribution is -2.35. The van der Waals surface area contributed by atoms with Gasteiger partial charge in [-0.15, -0.1) is 11.3 Å². The quantitative estimate of drug-likeness (QED) is 0.649. The Hall–Kier alpha value is -2.34. The molecule has 0 bridgehead atoms. The van der Waals surface area contributed by atoms with E-state index in [2.05, 4.69) is 0 Å². The summed E-state index contributed by atoms with van der Waals surface area (Å²) >= 11 is 9.05. The zero-order chi connectivity index (χ0) is 22.3. The Morgan fingerprint density at radius 2 is 1.94 bits per heavy atom. The van der Waals surface area contributed by atoms with E-state index in [4.69, 9.17) is 12.2 Å². The molecule has 1 amide bonds. The number of thiocarbonyl (C=S) groups is 1. The minimum absolute atomic E-state index is 0.294. The highest BCUT2D eigenvalue weighted by Crippen LogP contribution is 2.44. The second kappa shape index (κ2) is 8.65. The van der Waals surface area contributed by atoms with Gasteiger partial charge in [-0.1, -0.05) is 47.9 Å². The van der Waals surface area contributed by atoms with Crippen LogP contribution in [-0.2, 0) is 16.1 Å². The number of amides is 1. The second-order valence-corrected chi connectivity index (χ2v) is 10.3. The van der Waals surface area contributed by atoms with E-state index in [-0.39, 0.29) is 5.91 Å². The normalized spacial score (nSPS) is 19.7. The smallest absolute Gasteiger partial charge is 0.323 e. The van der Waals surface area contributed by atoms with Gasteiger partial charge in [-0.3, -0.25) is 23.9 Å². The van der Waals surface area contributed by atoms with Crippen molar-refractivity contribution in [3.05, 3.63) is 54.9 Å². The van der Waals surface area contributed by atoms with Crippen LogP contribution in [0.15, 0.2) is 45.1 Å². The number of anilines is 1. The number of carboxylic acid groups (broad SMARTS) is 1. The molecule has 31 heavy (non-hydrogen) atoms. The number of aliphatic carboxylic acids is 1. The Labute approximate surface area is 195 Å². The third-order valence-electron chi connectivity index (χ3n) is 4.71. The maximum absolute atomic E-state index is 13.0. The molecular formula is C20H17N3O4S4. The minimum Gasteiger partial charge on any atom is -0.480 e. The Balaban J connectivity index is 1.84. The van der Waals surface area contributed by atoms with Crippen LogP contribution in [0.2, 0.25) is 0 Å². The molecule has 1 fully saturated rings. The average Bonchev–Trinajstić information content (AvgIpc) is 3.32. The molecule has 1 aromatic carbocycles. The first kappa shape index (κ1) is 21.9. The SMILES string of the molecule is CCN1C(=O)/C(=c2\s/c(=C\C=C3\Sc4ccccc4N3C)c(=O)n2CC(=O)O)SC1=S. The Bertz CT molecular complexity index is 1320. The molecule has 7 nitrogen and oxygen atoms in total. The number of carbonyl (C=O) groups is 2. The lowest BCUT2D eigenvalue weighted by atomic mass is 10.3. The zero-order valence-electron chi connectivity index (χ0n) is 16.5. The summed E-state index contributed by atoms with van der Waals surface area (Å²) in [6, 6.07) is 7.99. The van der Waals surface area contributed by atoms with Crippen molar-refractivity contribution in [3.8, 4) is 0 Å². The highest BCUT2D eigenvalue weighted by atomic mass is 32.2. The number of benzene rings is 1. The van der Waals surface area contributed by atoms with Crippen LogP contribution >= 0.6 is 47.1 Å². The predicted molar refractivity (Wildman–Crippen MR) is 130 cm³/mol. The lowest BCUT2D eigenvalue weighted by Gasteiger charge is -2.12. The molecule has 1 saturated heterocycles. The van der Waals surface area contributed by atoms with Gasteiger partial charge in [0.25, 0.3) is 11.5 Å². The third-order valence-corrected chi connectivity index (χ3v) is 8.61. The molecule has 11 heteroatoms. The second-order valence-electron chi connectivity index (χ2n) is 6.60. The first-order valence-corrected chi connectivity index (χ1v) is 12.1. The van der Waals surface area contributed by atoms with Gasteiger partial charge >= 0.3 is 5.97 Å². The van der Waals surface area contributed by atoms with Gasteiger partial charge < -0.3 is 10.0 Å². The summed E-state index contributed by atoms with van der Waals surface area (Å²) in [4.78, 5) is 42.0. The summed E-state index contributed by atoms with van der Waals surface area (Å²) in [7, 11) is 1.95. The number of allylic oxidation sites excluding steroid dienone is 1. The van der Waals surface area contributed by atoms with Gasteiger partial charge in [0, 0.05) is 18.5 Å². The van der Waals surface area contributed by atoms with Gasteiger partial charge in [0.15, 0.2) is 0 Å². The zero-order valence-corrected chi connectivity index (χ0v) is 19.8. The number of carboxylic acids is 1. The molecule has 0 radical (unpaired) electrons. The number of aromatic nitrogens is 1. The molecule has 1 N–H and O–H groups in total. The maximum atomic E-state index is 13.0. The molecule has 2 aliphatic heterocycles. The molecule has 4 rings (SSSR count). The van der Waals surface area contributed by atoms with Crippen molar-refractivity contribution in [2.24, 2.45) is 0 Å². The Morgan fingerprint density at radius 1 is 1.19 bits per heavy atom. The van der Waals surface area contributed by atoms with Crippen LogP contribution in [0.1, 0.15) is 6.92 Å². The number of hydrogen-bond donors (Lipinski definition) is 1. The van der Waals surface area contributed by atoms with Gasteiger partial charge in [-0.25, -0.2) is 0 Å². The van der Waals surface area contributed by atoms with E-state index in [0.29, 0.717) is 25.0 Å². The fraction of sp³-hybridized carbons (Fsp3) is 0.200. The van der Waals surface area contributed by atoms with Crippen LogP contribution in [0.3, 0.4) is 0 Å². The van der Waals surface area contributed by atoms with Gasteiger partial charge in [-0.2, -0.15) is 0 Å². The molecular weight excluding hydrogens is 475 g/mol. The first-order chi connectivity index (χ1) is 14.8. The van der Waals surface area contributed by atoms with Crippen molar-refractivity contribution in [2.75, 3.05) is 18.5 Å². The van der Waals surface area contributed by atoms with Crippen molar-refractivity contribution in [1.82, 2.24) is 9.47 Å². The average molecular weight is 492 g/mol. The minimum atomic E-state index is -1.15. The van der Waals surface area contributed by atoms with Gasteiger partial charge in [0.2, 0.25) is 0 Å². The van der Waals surface area contributed by atoms with Crippen LogP contribution in [-0.4, -0.2) is 44.4 Å². The number of hydrogen-bond acceptors (Lipinski definition) is 8. The topological polar surface area (TPSA) is 82.9 Å². The number of rotatable bonds is 4. The van der Waals surface area contributed by atoms with Crippen LogP contribution in [0.4, 0.5) is 5.69 Å². The van der Waals surface area contributed by atoms with E-state index in [0.717, 1.165) is 43.3 Å². The van der Waals surface area contributed by atoms with Crippen molar-refractivity contribution >= 4 is 79.9 Å². The number of para-hydroxylation sites is 1. The molecule has 2 aromatic rings. The summed E-state index contributed by atoms with van der Waals surface area (Å²) in [5.74, 6) is -1.46. The molecule has 0 spiro atoms. The van der Waals surface area contributed by atoms with Gasteiger partial charge in [0.1, 0.15) is 20.4 Å². The van der Waals surface area contributed by atoms with Crippen LogP contribution < -0.4 is 19.7 Å². The summed E-state index contributed by atoms with van der Waals surface area (Å²) in [5.41, 5.74) is 0.642. The van der Waals surface area contributed by atoms with Crippen molar-refractivity contribution < 1.29 is 14.7 Å². The van der Waals surface area contributed by atoms with Crippen molar-refractivity contribution in [2.45, 2.75) is 18.4 Å². The number of nitrogens with zero attached hydrogens (tertiary/aromatic N) is 3. The van der Waals surface area contributed by atoms with Crippen LogP contribution in [0.5, 0.6) is 0 Å². The molecule has 0 saturated carbocycles. The summed E-state index contributed by atoms with van der Waals surface area (Å²) < 4.78 is 2.22.